The van der Waals surface area contributed by atoms with Crippen LogP contribution in [-0.2, 0) is 14.6 Å². The molecule has 1 atom stereocenters. The third kappa shape index (κ3) is 5.57. The van der Waals surface area contributed by atoms with Crippen molar-refractivity contribution in [3.63, 3.8) is 0 Å². The zero-order valence-corrected chi connectivity index (χ0v) is 23.7. The number of amides is 1. The van der Waals surface area contributed by atoms with Crippen LogP contribution in [0.2, 0.25) is 0 Å². The van der Waals surface area contributed by atoms with Crippen LogP contribution in [0.3, 0.4) is 0 Å². The van der Waals surface area contributed by atoms with E-state index in [0.29, 0.717) is 22.3 Å². The lowest BCUT2D eigenvalue weighted by Crippen LogP contribution is -2.39. The molecular formula is C28H29N3O4S3. The first kappa shape index (κ1) is 26.6. The third-order valence-corrected chi connectivity index (χ3v) is 9.73. The van der Waals surface area contributed by atoms with Gasteiger partial charge in [-0.05, 0) is 61.7 Å². The van der Waals surface area contributed by atoms with Gasteiger partial charge < -0.3 is 4.74 Å². The van der Waals surface area contributed by atoms with Crippen LogP contribution >= 0.6 is 24.0 Å². The summed E-state index contributed by atoms with van der Waals surface area (Å²) in [6.45, 7) is 4.82. The lowest BCUT2D eigenvalue weighted by molar-refractivity contribution is -0.123. The fourth-order valence-electron chi connectivity index (χ4n) is 4.63. The fourth-order valence-corrected chi connectivity index (χ4v) is 7.72. The van der Waals surface area contributed by atoms with Gasteiger partial charge in [-0.25, -0.2) is 13.1 Å². The van der Waals surface area contributed by atoms with Gasteiger partial charge in [0.25, 0.3) is 5.91 Å². The number of aromatic nitrogens is 2. The highest BCUT2D eigenvalue weighted by molar-refractivity contribution is 8.26. The van der Waals surface area contributed by atoms with Crippen molar-refractivity contribution in [2.24, 2.45) is 0 Å². The predicted molar refractivity (Wildman–Crippen MR) is 156 cm³/mol. The van der Waals surface area contributed by atoms with Crippen LogP contribution in [0.5, 0.6) is 5.75 Å². The summed E-state index contributed by atoms with van der Waals surface area (Å²) in [7, 11) is -3.15. The molecule has 3 heterocycles. The summed E-state index contributed by atoms with van der Waals surface area (Å²) in [4.78, 5) is 15.3. The minimum absolute atomic E-state index is 0.0458. The Labute approximate surface area is 232 Å². The molecule has 0 unspecified atom stereocenters. The summed E-state index contributed by atoms with van der Waals surface area (Å²) in [6, 6.07) is 15.4. The zero-order chi connectivity index (χ0) is 26.9. The average Bonchev–Trinajstić information content (AvgIpc) is 3.55. The molecule has 7 nitrogen and oxygen atoms in total. The number of nitrogens with zero attached hydrogens (tertiary/aromatic N) is 3. The standard InChI is InChI=1S/C28H29N3O4S3/c1-3-4-13-35-24-11-10-20(15-19(24)2)26-21(17-30(29-26)22-8-6-5-7-9-22)16-25-27(32)31(28(36)37-25)23-12-14-38(33,34)18-23/h5-11,15-17,23H,3-4,12-14,18H2,1-2H3/b25-16-/t23-/m0/s1. The number of sulfone groups is 1. The zero-order valence-electron chi connectivity index (χ0n) is 21.3. The monoisotopic (exact) mass is 567 g/mol. The second kappa shape index (κ2) is 11.0. The van der Waals surface area contributed by atoms with Crippen molar-refractivity contribution in [1.29, 1.82) is 0 Å². The van der Waals surface area contributed by atoms with Gasteiger partial charge in [-0.1, -0.05) is 55.5 Å². The number of para-hydroxylation sites is 1. The van der Waals surface area contributed by atoms with Crippen molar-refractivity contribution in [3.8, 4) is 22.7 Å². The third-order valence-electron chi connectivity index (χ3n) is 6.65. The first-order chi connectivity index (χ1) is 18.3. The van der Waals surface area contributed by atoms with Crippen molar-refractivity contribution >= 4 is 50.1 Å². The van der Waals surface area contributed by atoms with Crippen molar-refractivity contribution in [2.45, 2.75) is 39.2 Å². The average molecular weight is 568 g/mol. The van der Waals surface area contributed by atoms with Crippen LogP contribution in [0, 0.1) is 6.92 Å². The number of ether oxygens (including phenoxy) is 1. The molecule has 2 fully saturated rings. The summed E-state index contributed by atoms with van der Waals surface area (Å²) in [5.74, 6) is 0.629. The van der Waals surface area contributed by atoms with Gasteiger partial charge in [0.2, 0.25) is 0 Å². The van der Waals surface area contributed by atoms with Gasteiger partial charge in [-0.2, -0.15) is 5.10 Å². The maximum Gasteiger partial charge on any atom is 0.266 e. The van der Waals surface area contributed by atoms with E-state index in [4.69, 9.17) is 22.1 Å². The molecule has 2 saturated heterocycles. The van der Waals surface area contributed by atoms with E-state index in [2.05, 4.69) is 6.92 Å². The van der Waals surface area contributed by atoms with Gasteiger partial charge in [0, 0.05) is 17.3 Å². The number of carbonyl (C=O) groups excluding carboxylic acids is 1. The Hall–Kier alpha value is -2.95. The van der Waals surface area contributed by atoms with Crippen LogP contribution in [0.25, 0.3) is 23.0 Å². The summed E-state index contributed by atoms with van der Waals surface area (Å²) < 4.78 is 32.2. The quantitative estimate of drug-likeness (QED) is 0.204. The fraction of sp³-hybridized carbons (Fsp3) is 0.321. The van der Waals surface area contributed by atoms with Crippen molar-refractivity contribution in [1.82, 2.24) is 14.7 Å². The molecule has 1 aromatic heterocycles. The largest absolute Gasteiger partial charge is 0.493 e. The van der Waals surface area contributed by atoms with Gasteiger partial charge >= 0.3 is 0 Å². The molecule has 0 aliphatic carbocycles. The van der Waals surface area contributed by atoms with E-state index in [-0.39, 0.29) is 17.4 Å². The van der Waals surface area contributed by atoms with Crippen LogP contribution < -0.4 is 4.74 Å². The molecule has 38 heavy (non-hydrogen) atoms. The van der Waals surface area contributed by atoms with E-state index >= 15 is 0 Å². The molecule has 2 aliphatic rings. The van der Waals surface area contributed by atoms with Gasteiger partial charge in [0.15, 0.2) is 9.84 Å². The number of unbranched alkanes of at least 4 members (excludes halogenated alkanes) is 1. The number of hydrogen-bond donors (Lipinski definition) is 0. The topological polar surface area (TPSA) is 81.5 Å². The van der Waals surface area contributed by atoms with E-state index in [0.717, 1.165) is 46.7 Å². The molecule has 1 amide bonds. The molecule has 2 aromatic carbocycles. The van der Waals surface area contributed by atoms with E-state index < -0.39 is 15.9 Å². The summed E-state index contributed by atoms with van der Waals surface area (Å²) in [5, 5.41) is 4.88. The van der Waals surface area contributed by atoms with Crippen molar-refractivity contribution in [3.05, 3.63) is 70.8 Å². The lowest BCUT2D eigenvalue weighted by Gasteiger charge is -2.20. The van der Waals surface area contributed by atoms with E-state index in [9.17, 15) is 13.2 Å². The first-order valence-electron chi connectivity index (χ1n) is 12.6. The minimum Gasteiger partial charge on any atom is -0.493 e. The highest BCUT2D eigenvalue weighted by Crippen LogP contribution is 2.38. The Morgan fingerprint density at radius 1 is 1.21 bits per heavy atom. The van der Waals surface area contributed by atoms with Crippen LogP contribution in [0.1, 0.15) is 37.3 Å². The molecular weight excluding hydrogens is 539 g/mol. The van der Waals surface area contributed by atoms with Crippen LogP contribution in [0.4, 0.5) is 0 Å². The molecule has 0 bridgehead atoms. The summed E-state index contributed by atoms with van der Waals surface area (Å²) >= 11 is 6.71. The highest BCUT2D eigenvalue weighted by atomic mass is 32.2. The Morgan fingerprint density at radius 2 is 2.00 bits per heavy atom. The van der Waals surface area contributed by atoms with Gasteiger partial charge in [-0.3, -0.25) is 9.69 Å². The van der Waals surface area contributed by atoms with Crippen LogP contribution in [-0.4, -0.2) is 57.5 Å². The Balaban J connectivity index is 1.51. The van der Waals surface area contributed by atoms with E-state index in [1.807, 2.05) is 67.7 Å². The molecule has 2 aliphatic heterocycles. The SMILES string of the molecule is CCCCOc1ccc(-c2nn(-c3ccccc3)cc2/C=C2\SC(=S)N([C@H]3CCS(=O)(=O)C3)C2=O)cc1C. The maximum absolute atomic E-state index is 13.4. The summed E-state index contributed by atoms with van der Waals surface area (Å²) in [5.41, 5.74) is 4.31. The smallest absolute Gasteiger partial charge is 0.266 e. The number of hydrogen-bond acceptors (Lipinski definition) is 7. The molecule has 0 spiro atoms. The van der Waals surface area contributed by atoms with E-state index in [1.54, 1.807) is 4.68 Å². The molecule has 198 valence electrons. The number of benzene rings is 2. The predicted octanol–water partition coefficient (Wildman–Crippen LogP) is 5.41. The summed E-state index contributed by atoms with van der Waals surface area (Å²) in [6.07, 6.45) is 6.19. The number of rotatable bonds is 8. The minimum atomic E-state index is -3.15. The van der Waals surface area contributed by atoms with E-state index in [1.165, 1.54) is 16.7 Å². The van der Waals surface area contributed by atoms with Crippen molar-refractivity contribution in [2.75, 3.05) is 18.1 Å². The van der Waals surface area contributed by atoms with Gasteiger partial charge in [-0.15, -0.1) is 0 Å². The second-order valence-corrected chi connectivity index (χ2v) is 13.4. The molecule has 0 radical (unpaired) electrons. The normalized spacial score (nSPS) is 20.0. The highest BCUT2D eigenvalue weighted by Gasteiger charge is 2.42. The van der Waals surface area contributed by atoms with Crippen LogP contribution in [0.15, 0.2) is 59.6 Å². The number of carbonyl (C=O) groups is 1. The molecule has 0 N–H and O–H groups in total. The Bertz CT molecular complexity index is 1510. The number of thiocarbonyl (C=S) groups is 1. The number of aryl methyl sites for hydroxylation is 1. The number of thioether (sulfide) groups is 1. The first-order valence-corrected chi connectivity index (χ1v) is 15.7. The second-order valence-electron chi connectivity index (χ2n) is 9.50. The van der Waals surface area contributed by atoms with Gasteiger partial charge in [0.05, 0.1) is 34.7 Å². The molecule has 0 saturated carbocycles. The maximum atomic E-state index is 13.4. The molecule has 10 heteroatoms. The van der Waals surface area contributed by atoms with Gasteiger partial charge in [0.1, 0.15) is 15.8 Å². The van der Waals surface area contributed by atoms with Crippen molar-refractivity contribution < 1.29 is 17.9 Å². The molecule has 5 rings (SSSR count). The lowest BCUT2D eigenvalue weighted by atomic mass is 10.0. The Kier molecular flexibility index (Phi) is 7.74. The molecule has 3 aromatic rings. The Morgan fingerprint density at radius 3 is 2.68 bits per heavy atom.